The number of benzene rings is 2. The first-order valence-electron chi connectivity index (χ1n) is 11.9. The highest BCUT2D eigenvalue weighted by Crippen LogP contribution is 2.37. The summed E-state index contributed by atoms with van der Waals surface area (Å²) < 4.78 is 48.4. The Balaban J connectivity index is 1.79. The standard InChI is InChI=1S/C27H25F3N4O4S/c1-4-22-23(18-12-13-20(37-3)21(15-18)38-27(28,29)30)33-34(26(36)39-22)24(17-10-8-16(2)9-11-17)32-25(35)19-7-5-6-14-31-19/h5-15,22,24H,4H2,1-3H3,(H,32,35). The van der Waals surface area contributed by atoms with Crippen LogP contribution < -0.4 is 14.8 Å². The van der Waals surface area contributed by atoms with Crippen molar-refractivity contribution in [3.63, 3.8) is 0 Å². The van der Waals surface area contributed by atoms with E-state index in [0.717, 1.165) is 22.3 Å². The van der Waals surface area contributed by atoms with Gasteiger partial charge in [0, 0.05) is 11.8 Å². The lowest BCUT2D eigenvalue weighted by atomic mass is 10.0. The number of nitrogens with one attached hydrogen (secondary N) is 1. The zero-order chi connectivity index (χ0) is 28.2. The van der Waals surface area contributed by atoms with E-state index < -0.39 is 34.7 Å². The number of halogens is 3. The van der Waals surface area contributed by atoms with Crippen molar-refractivity contribution in [2.75, 3.05) is 7.11 Å². The molecule has 39 heavy (non-hydrogen) atoms. The van der Waals surface area contributed by atoms with Crippen LogP contribution in [-0.4, -0.2) is 45.6 Å². The third-order valence-corrected chi connectivity index (χ3v) is 7.04. The summed E-state index contributed by atoms with van der Waals surface area (Å²) in [5.74, 6) is -1.17. The second kappa shape index (κ2) is 11.8. The molecule has 0 saturated carbocycles. The maximum atomic E-state index is 13.3. The molecule has 4 rings (SSSR count). The number of ether oxygens (including phenoxy) is 2. The van der Waals surface area contributed by atoms with E-state index in [0.29, 0.717) is 23.3 Å². The van der Waals surface area contributed by atoms with Crippen LogP contribution in [0.1, 0.15) is 46.7 Å². The van der Waals surface area contributed by atoms with Crippen LogP contribution in [0.4, 0.5) is 18.0 Å². The van der Waals surface area contributed by atoms with Crippen LogP contribution in [-0.2, 0) is 0 Å². The average molecular weight is 559 g/mol. The highest BCUT2D eigenvalue weighted by Gasteiger charge is 2.37. The molecule has 1 aliphatic heterocycles. The van der Waals surface area contributed by atoms with E-state index in [2.05, 4.69) is 20.1 Å². The van der Waals surface area contributed by atoms with Crippen molar-refractivity contribution in [1.29, 1.82) is 0 Å². The van der Waals surface area contributed by atoms with Gasteiger partial charge in [0.15, 0.2) is 17.7 Å². The van der Waals surface area contributed by atoms with Crippen molar-refractivity contribution < 1.29 is 32.2 Å². The first kappa shape index (κ1) is 28.0. The predicted molar refractivity (Wildman–Crippen MR) is 141 cm³/mol. The molecule has 0 radical (unpaired) electrons. The molecule has 2 amide bonds. The Morgan fingerprint density at radius 1 is 1.13 bits per heavy atom. The molecule has 204 valence electrons. The smallest absolute Gasteiger partial charge is 0.493 e. The minimum absolute atomic E-state index is 0.110. The van der Waals surface area contributed by atoms with E-state index in [1.54, 1.807) is 30.3 Å². The number of aromatic nitrogens is 1. The molecule has 0 aliphatic carbocycles. The van der Waals surface area contributed by atoms with Crippen LogP contribution >= 0.6 is 11.8 Å². The van der Waals surface area contributed by atoms with Crippen molar-refractivity contribution in [2.24, 2.45) is 5.10 Å². The summed E-state index contributed by atoms with van der Waals surface area (Å²) in [6.45, 7) is 3.74. The number of hydrogen-bond donors (Lipinski definition) is 1. The lowest BCUT2D eigenvalue weighted by Crippen LogP contribution is -2.44. The van der Waals surface area contributed by atoms with Gasteiger partial charge in [0.05, 0.1) is 18.1 Å². The quantitative estimate of drug-likeness (QED) is 0.360. The minimum Gasteiger partial charge on any atom is -0.493 e. The molecule has 1 aromatic heterocycles. The molecule has 0 bridgehead atoms. The van der Waals surface area contributed by atoms with Gasteiger partial charge >= 0.3 is 11.6 Å². The van der Waals surface area contributed by atoms with E-state index in [-0.39, 0.29) is 11.4 Å². The molecule has 3 aromatic rings. The van der Waals surface area contributed by atoms with E-state index in [9.17, 15) is 22.8 Å². The molecular weight excluding hydrogens is 533 g/mol. The Hall–Kier alpha value is -4.06. The molecule has 0 spiro atoms. The van der Waals surface area contributed by atoms with E-state index in [1.807, 2.05) is 26.0 Å². The number of methoxy groups -OCH3 is 1. The highest BCUT2D eigenvalue weighted by molar-refractivity contribution is 8.14. The van der Waals surface area contributed by atoms with Gasteiger partial charge in [-0.1, -0.05) is 54.6 Å². The molecule has 0 fully saturated rings. The maximum absolute atomic E-state index is 13.3. The van der Waals surface area contributed by atoms with Crippen LogP contribution in [0.3, 0.4) is 0 Å². The Morgan fingerprint density at radius 2 is 1.87 bits per heavy atom. The summed E-state index contributed by atoms with van der Waals surface area (Å²) in [6, 6.07) is 16.1. The SMILES string of the molecule is CCC1SC(=O)N(C(NC(=O)c2ccccn2)c2ccc(C)cc2)N=C1c1ccc(OC)c(OC(F)(F)F)c1. The zero-order valence-corrected chi connectivity index (χ0v) is 22.0. The van der Waals surface area contributed by atoms with Crippen LogP contribution in [0.5, 0.6) is 11.5 Å². The van der Waals surface area contributed by atoms with Crippen molar-refractivity contribution in [3.05, 3.63) is 89.2 Å². The third kappa shape index (κ3) is 6.69. The van der Waals surface area contributed by atoms with Gasteiger partial charge < -0.3 is 14.8 Å². The van der Waals surface area contributed by atoms with Gasteiger partial charge in [-0.05, 0) is 49.2 Å². The van der Waals surface area contributed by atoms with Gasteiger partial charge in [-0.25, -0.2) is 0 Å². The van der Waals surface area contributed by atoms with E-state index in [4.69, 9.17) is 4.74 Å². The van der Waals surface area contributed by atoms with Crippen LogP contribution in [0.25, 0.3) is 0 Å². The molecule has 2 atom stereocenters. The van der Waals surface area contributed by atoms with Crippen molar-refractivity contribution in [1.82, 2.24) is 15.3 Å². The minimum atomic E-state index is -4.94. The third-order valence-electron chi connectivity index (χ3n) is 5.81. The number of alkyl halides is 3. The fourth-order valence-electron chi connectivity index (χ4n) is 3.91. The number of hydrazone groups is 1. The summed E-state index contributed by atoms with van der Waals surface area (Å²) in [7, 11) is 1.23. The van der Waals surface area contributed by atoms with E-state index >= 15 is 0 Å². The average Bonchev–Trinajstić information content (AvgIpc) is 2.91. The largest absolute Gasteiger partial charge is 0.573 e. The molecule has 12 heteroatoms. The summed E-state index contributed by atoms with van der Waals surface area (Å²) >= 11 is 0.970. The monoisotopic (exact) mass is 558 g/mol. The topological polar surface area (TPSA) is 93.1 Å². The summed E-state index contributed by atoms with van der Waals surface area (Å²) in [6.07, 6.45) is -4.01. The van der Waals surface area contributed by atoms with Crippen molar-refractivity contribution >= 4 is 28.6 Å². The zero-order valence-electron chi connectivity index (χ0n) is 21.2. The summed E-state index contributed by atoms with van der Waals surface area (Å²) in [4.78, 5) is 30.5. The Bertz CT molecular complexity index is 1370. The maximum Gasteiger partial charge on any atom is 0.573 e. The Labute approximate surface area is 227 Å². The number of hydrogen-bond acceptors (Lipinski definition) is 7. The van der Waals surface area contributed by atoms with Gasteiger partial charge in [-0.2, -0.15) is 10.1 Å². The molecule has 2 heterocycles. The lowest BCUT2D eigenvalue weighted by molar-refractivity contribution is -0.275. The van der Waals surface area contributed by atoms with Crippen LogP contribution in [0.15, 0.2) is 72.0 Å². The fourth-order valence-corrected chi connectivity index (χ4v) is 4.87. The van der Waals surface area contributed by atoms with Gasteiger partial charge in [-0.3, -0.25) is 14.6 Å². The van der Waals surface area contributed by atoms with Crippen LogP contribution in [0.2, 0.25) is 0 Å². The number of rotatable bonds is 8. The second-order valence-corrected chi connectivity index (χ2v) is 9.68. The highest BCUT2D eigenvalue weighted by atomic mass is 32.2. The summed E-state index contributed by atoms with van der Waals surface area (Å²) in [5, 5.41) is 7.66. The molecule has 0 saturated heterocycles. The fraction of sp³-hybridized carbons (Fsp3) is 0.259. The molecule has 2 aromatic carbocycles. The molecule has 1 N–H and O–H groups in total. The van der Waals surface area contributed by atoms with Gasteiger partial charge in [0.2, 0.25) is 0 Å². The Morgan fingerprint density at radius 3 is 2.49 bits per heavy atom. The number of carbonyl (C=O) groups is 2. The molecule has 8 nitrogen and oxygen atoms in total. The van der Waals surface area contributed by atoms with Gasteiger partial charge in [-0.15, -0.1) is 13.2 Å². The molecular formula is C27H25F3N4O4S. The van der Waals surface area contributed by atoms with Crippen molar-refractivity contribution in [2.45, 2.75) is 38.0 Å². The van der Waals surface area contributed by atoms with Crippen LogP contribution in [0, 0.1) is 6.92 Å². The Kier molecular flexibility index (Phi) is 8.44. The lowest BCUT2D eigenvalue weighted by Gasteiger charge is -2.34. The number of carbonyl (C=O) groups excluding carboxylic acids is 2. The normalized spacial score (nSPS) is 16.4. The first-order valence-corrected chi connectivity index (χ1v) is 12.8. The number of nitrogens with zero attached hydrogens (tertiary/aromatic N) is 3. The van der Waals surface area contributed by atoms with E-state index in [1.165, 1.54) is 31.5 Å². The summed E-state index contributed by atoms with van der Waals surface area (Å²) in [5.41, 5.74) is 2.35. The van der Waals surface area contributed by atoms with Gasteiger partial charge in [0.1, 0.15) is 5.69 Å². The second-order valence-electron chi connectivity index (χ2n) is 8.53. The molecule has 1 aliphatic rings. The van der Waals surface area contributed by atoms with Gasteiger partial charge in [0.25, 0.3) is 5.91 Å². The predicted octanol–water partition coefficient (Wildman–Crippen LogP) is 6.08. The number of thioether (sulfide) groups is 1. The molecule has 2 unspecified atom stereocenters. The number of pyridine rings is 1. The van der Waals surface area contributed by atoms with Crippen molar-refractivity contribution in [3.8, 4) is 11.5 Å². The first-order chi connectivity index (χ1) is 18.6. The number of amides is 2. The number of aryl methyl sites for hydroxylation is 1.